The summed E-state index contributed by atoms with van der Waals surface area (Å²) in [5, 5.41) is 9.22. The Morgan fingerprint density at radius 1 is 1.12 bits per heavy atom. The molecule has 0 saturated carbocycles. The maximum atomic E-state index is 12.6. The van der Waals surface area contributed by atoms with E-state index >= 15 is 0 Å². The summed E-state index contributed by atoms with van der Waals surface area (Å²) in [6.45, 7) is 4.67. The Bertz CT molecular complexity index is 862. The molecule has 0 N–H and O–H groups in total. The highest BCUT2D eigenvalue weighted by Crippen LogP contribution is 2.20. The summed E-state index contributed by atoms with van der Waals surface area (Å²) in [7, 11) is -3.49. The number of rotatable bonds is 5. The Morgan fingerprint density at radius 3 is 2.58 bits per heavy atom. The molecule has 3 rings (SSSR count). The Labute approximate surface area is 154 Å². The van der Waals surface area contributed by atoms with Crippen LogP contribution in [0, 0.1) is 13.8 Å². The first-order valence-electron chi connectivity index (χ1n) is 8.64. The molecule has 1 fully saturated rings. The molecule has 1 aromatic heterocycles. The van der Waals surface area contributed by atoms with E-state index in [1.165, 1.54) is 9.71 Å². The number of ether oxygens (including phenoxy) is 1. The van der Waals surface area contributed by atoms with E-state index < -0.39 is 10.0 Å². The minimum atomic E-state index is -3.49. The van der Waals surface area contributed by atoms with Crippen molar-refractivity contribution in [3.05, 3.63) is 58.6 Å². The van der Waals surface area contributed by atoms with Crippen LogP contribution in [-0.4, -0.2) is 42.1 Å². The van der Waals surface area contributed by atoms with Crippen molar-refractivity contribution in [2.45, 2.75) is 32.8 Å². The SMILES string of the molecule is Cc1ccc(/C=C/S(=O)(=O)N2CCCC(Oc3ccc(C)nn3)C2)cc1. The summed E-state index contributed by atoms with van der Waals surface area (Å²) < 4.78 is 32.5. The standard InChI is InChI=1S/C19H23N3O3S/c1-15-5-8-17(9-6-15)11-13-26(23,24)22-12-3-4-18(14-22)25-19-10-7-16(2)20-21-19/h5-11,13,18H,3-4,12,14H2,1-2H3/b13-11+. The molecular weight excluding hydrogens is 350 g/mol. The van der Waals surface area contributed by atoms with Gasteiger partial charge in [-0.1, -0.05) is 29.8 Å². The van der Waals surface area contributed by atoms with Crippen molar-refractivity contribution in [3.8, 4) is 5.88 Å². The number of aromatic nitrogens is 2. The Balaban J connectivity index is 1.65. The number of hydrogen-bond donors (Lipinski definition) is 0. The van der Waals surface area contributed by atoms with Crippen LogP contribution in [0.2, 0.25) is 0 Å². The van der Waals surface area contributed by atoms with Gasteiger partial charge < -0.3 is 4.74 Å². The van der Waals surface area contributed by atoms with Crippen LogP contribution >= 0.6 is 0 Å². The molecule has 26 heavy (non-hydrogen) atoms. The normalized spacial score (nSPS) is 18.9. The second kappa shape index (κ2) is 7.97. The maximum absolute atomic E-state index is 12.6. The second-order valence-corrected chi connectivity index (χ2v) is 8.33. The quantitative estimate of drug-likeness (QED) is 0.806. The van der Waals surface area contributed by atoms with Crippen molar-refractivity contribution in [2.75, 3.05) is 13.1 Å². The van der Waals surface area contributed by atoms with Gasteiger partial charge in [0.1, 0.15) is 6.10 Å². The summed E-state index contributed by atoms with van der Waals surface area (Å²) in [4.78, 5) is 0. The maximum Gasteiger partial charge on any atom is 0.236 e. The van der Waals surface area contributed by atoms with E-state index in [9.17, 15) is 8.42 Å². The van der Waals surface area contributed by atoms with Gasteiger partial charge in [0, 0.05) is 18.0 Å². The largest absolute Gasteiger partial charge is 0.472 e. The zero-order chi connectivity index (χ0) is 18.6. The third kappa shape index (κ3) is 4.89. The molecule has 0 amide bonds. The van der Waals surface area contributed by atoms with Crippen molar-refractivity contribution in [1.29, 1.82) is 0 Å². The minimum Gasteiger partial charge on any atom is -0.472 e. The van der Waals surface area contributed by atoms with Crippen LogP contribution in [0.4, 0.5) is 0 Å². The lowest BCUT2D eigenvalue weighted by atomic mass is 10.1. The number of benzene rings is 1. The lowest BCUT2D eigenvalue weighted by molar-refractivity contribution is 0.124. The molecule has 1 saturated heterocycles. The van der Waals surface area contributed by atoms with Crippen molar-refractivity contribution >= 4 is 16.1 Å². The van der Waals surface area contributed by atoms with Crippen molar-refractivity contribution < 1.29 is 13.2 Å². The lowest BCUT2D eigenvalue weighted by Crippen LogP contribution is -2.43. The van der Waals surface area contributed by atoms with Crippen LogP contribution in [0.1, 0.15) is 29.7 Å². The fourth-order valence-corrected chi connectivity index (χ4v) is 4.04. The highest BCUT2D eigenvalue weighted by atomic mass is 32.2. The fraction of sp³-hybridized carbons (Fsp3) is 0.368. The molecule has 6 nitrogen and oxygen atoms in total. The summed E-state index contributed by atoms with van der Waals surface area (Å²) in [5.74, 6) is 0.426. The Morgan fingerprint density at radius 2 is 1.88 bits per heavy atom. The highest BCUT2D eigenvalue weighted by molar-refractivity contribution is 7.92. The average Bonchev–Trinajstić information content (AvgIpc) is 2.63. The number of piperidine rings is 1. The molecule has 0 spiro atoms. The lowest BCUT2D eigenvalue weighted by Gasteiger charge is -2.30. The van der Waals surface area contributed by atoms with Gasteiger partial charge in [-0.15, -0.1) is 5.10 Å². The van der Waals surface area contributed by atoms with Crippen LogP contribution in [0.5, 0.6) is 5.88 Å². The van der Waals surface area contributed by atoms with Gasteiger partial charge in [-0.2, -0.15) is 9.40 Å². The van der Waals surface area contributed by atoms with Gasteiger partial charge in [0.15, 0.2) is 0 Å². The van der Waals surface area contributed by atoms with Gasteiger partial charge >= 0.3 is 0 Å². The van der Waals surface area contributed by atoms with Gasteiger partial charge in [0.05, 0.1) is 12.2 Å². The van der Waals surface area contributed by atoms with Crippen LogP contribution < -0.4 is 4.74 Å². The number of aryl methyl sites for hydroxylation is 2. The predicted octanol–water partition coefficient (Wildman–Crippen LogP) is 2.94. The van der Waals surface area contributed by atoms with Gasteiger partial charge in [-0.05, 0) is 44.4 Å². The van der Waals surface area contributed by atoms with Crippen molar-refractivity contribution in [3.63, 3.8) is 0 Å². The van der Waals surface area contributed by atoms with Gasteiger partial charge in [0.2, 0.25) is 15.9 Å². The fourth-order valence-electron chi connectivity index (χ4n) is 2.78. The third-order valence-electron chi connectivity index (χ3n) is 4.27. The van der Waals surface area contributed by atoms with E-state index in [2.05, 4.69) is 10.2 Å². The monoisotopic (exact) mass is 373 g/mol. The molecule has 1 atom stereocenters. The minimum absolute atomic E-state index is 0.219. The molecule has 1 aliphatic heterocycles. The molecule has 1 aromatic carbocycles. The van der Waals surface area contributed by atoms with E-state index in [1.54, 1.807) is 12.1 Å². The van der Waals surface area contributed by atoms with Crippen molar-refractivity contribution in [2.24, 2.45) is 0 Å². The molecule has 1 unspecified atom stereocenters. The summed E-state index contributed by atoms with van der Waals surface area (Å²) in [6.07, 6.45) is 2.96. The van der Waals surface area contributed by atoms with E-state index in [4.69, 9.17) is 4.74 Å². The molecule has 7 heteroatoms. The zero-order valence-electron chi connectivity index (χ0n) is 15.0. The van der Waals surface area contributed by atoms with E-state index in [0.717, 1.165) is 29.7 Å². The van der Waals surface area contributed by atoms with E-state index in [-0.39, 0.29) is 6.10 Å². The molecule has 0 bridgehead atoms. The first kappa shape index (κ1) is 18.5. The van der Waals surface area contributed by atoms with E-state index in [0.29, 0.717) is 19.0 Å². The number of hydrogen-bond acceptors (Lipinski definition) is 5. The molecule has 138 valence electrons. The van der Waals surface area contributed by atoms with E-state index in [1.807, 2.05) is 44.2 Å². The summed E-state index contributed by atoms with van der Waals surface area (Å²) in [5.41, 5.74) is 2.81. The molecule has 0 radical (unpaired) electrons. The van der Waals surface area contributed by atoms with Gasteiger partial charge in [-0.3, -0.25) is 0 Å². The second-order valence-electron chi connectivity index (χ2n) is 6.51. The first-order chi connectivity index (χ1) is 12.4. The topological polar surface area (TPSA) is 72.4 Å². The summed E-state index contributed by atoms with van der Waals surface area (Å²) in [6, 6.07) is 11.3. The number of nitrogens with zero attached hydrogens (tertiary/aromatic N) is 3. The van der Waals surface area contributed by atoms with Gasteiger partial charge in [0.25, 0.3) is 0 Å². The smallest absolute Gasteiger partial charge is 0.236 e. The Kier molecular flexibility index (Phi) is 5.68. The Hall–Kier alpha value is -2.25. The molecule has 2 aromatic rings. The zero-order valence-corrected chi connectivity index (χ0v) is 15.8. The van der Waals surface area contributed by atoms with Crippen LogP contribution in [0.25, 0.3) is 6.08 Å². The van der Waals surface area contributed by atoms with Crippen LogP contribution in [0.3, 0.4) is 0 Å². The van der Waals surface area contributed by atoms with Crippen LogP contribution in [0.15, 0.2) is 41.8 Å². The first-order valence-corrected chi connectivity index (χ1v) is 10.1. The highest BCUT2D eigenvalue weighted by Gasteiger charge is 2.28. The molecular formula is C19H23N3O3S. The van der Waals surface area contributed by atoms with Crippen LogP contribution in [-0.2, 0) is 10.0 Å². The average molecular weight is 373 g/mol. The predicted molar refractivity (Wildman–Crippen MR) is 101 cm³/mol. The molecule has 2 heterocycles. The van der Waals surface area contributed by atoms with Gasteiger partial charge in [-0.25, -0.2) is 8.42 Å². The third-order valence-corrected chi connectivity index (χ3v) is 5.80. The molecule has 0 aliphatic carbocycles. The summed E-state index contributed by atoms with van der Waals surface area (Å²) >= 11 is 0. The molecule has 1 aliphatic rings. The van der Waals surface area contributed by atoms with Crippen molar-refractivity contribution in [1.82, 2.24) is 14.5 Å². The number of sulfonamides is 1.